The molecule has 1 fully saturated rings. The maximum Gasteiger partial charge on any atom is 0.159 e. The van der Waals surface area contributed by atoms with Crippen molar-refractivity contribution >= 4 is 11.1 Å². The van der Waals surface area contributed by atoms with Gasteiger partial charge in [-0.05, 0) is 96.8 Å². The van der Waals surface area contributed by atoms with Gasteiger partial charge >= 0.3 is 0 Å². The molecule has 0 spiro atoms. The van der Waals surface area contributed by atoms with Gasteiger partial charge in [0.05, 0.1) is 0 Å². The van der Waals surface area contributed by atoms with Crippen LogP contribution in [0.2, 0.25) is 0 Å². The molecule has 2 aliphatic carbocycles. The van der Waals surface area contributed by atoms with Gasteiger partial charge < -0.3 is 14.2 Å². The van der Waals surface area contributed by atoms with Gasteiger partial charge in [-0.25, -0.2) is 4.39 Å². The van der Waals surface area contributed by atoms with Crippen molar-refractivity contribution in [3.63, 3.8) is 0 Å². The van der Waals surface area contributed by atoms with E-state index in [9.17, 15) is 0 Å². The molecule has 0 N–H and O–H groups in total. The summed E-state index contributed by atoms with van der Waals surface area (Å²) in [6.45, 7) is 2.35. The molecule has 6 rings (SSSR count). The van der Waals surface area contributed by atoms with Gasteiger partial charge in [0.15, 0.2) is 6.29 Å². The van der Waals surface area contributed by atoms with Crippen LogP contribution in [0.3, 0.4) is 0 Å². The second-order valence-corrected chi connectivity index (χ2v) is 11.5. The second-order valence-electron chi connectivity index (χ2n) is 11.5. The van der Waals surface area contributed by atoms with Gasteiger partial charge in [-0.3, -0.25) is 4.90 Å². The topological polar surface area (TPSA) is 30.9 Å². The van der Waals surface area contributed by atoms with Crippen LogP contribution >= 0.6 is 0 Å². The molecule has 0 amide bonds. The summed E-state index contributed by atoms with van der Waals surface area (Å²) < 4.78 is 33.3. The first-order valence-corrected chi connectivity index (χ1v) is 15.1. The van der Waals surface area contributed by atoms with Crippen LogP contribution in [0.4, 0.5) is 4.39 Å². The predicted molar refractivity (Wildman–Crippen MR) is 167 cm³/mol. The van der Waals surface area contributed by atoms with Gasteiger partial charge in [-0.15, -0.1) is 0 Å². The Bertz CT molecular complexity index is 1450. The van der Waals surface area contributed by atoms with Crippen LogP contribution in [0.1, 0.15) is 47.9 Å². The minimum absolute atomic E-state index is 0.0656. The van der Waals surface area contributed by atoms with Gasteiger partial charge in [-0.1, -0.05) is 72.8 Å². The number of rotatable bonds is 9. The van der Waals surface area contributed by atoms with Crippen molar-refractivity contribution in [2.24, 2.45) is 5.92 Å². The quantitative estimate of drug-likeness (QED) is 0.246. The number of hydrogen-bond donors (Lipinski definition) is 0. The number of fused-ring (bicyclic) bond motifs is 1. The molecule has 1 atom stereocenters. The molecule has 0 radical (unpaired) electrons. The van der Waals surface area contributed by atoms with Crippen molar-refractivity contribution in [1.29, 1.82) is 0 Å². The summed E-state index contributed by atoms with van der Waals surface area (Å²) in [7, 11) is 3.40. The molecule has 5 heteroatoms. The zero-order valence-electron chi connectivity index (χ0n) is 24.6. The summed E-state index contributed by atoms with van der Waals surface area (Å²) in [6.07, 6.45) is 8.33. The molecule has 0 bridgehead atoms. The maximum atomic E-state index is 16.2. The molecule has 1 unspecified atom stereocenters. The molecule has 42 heavy (non-hydrogen) atoms. The number of allylic oxidation sites excluding steroid dienone is 4. The van der Waals surface area contributed by atoms with E-state index in [2.05, 4.69) is 59.5 Å². The Morgan fingerprint density at radius 2 is 1.60 bits per heavy atom. The number of benzene rings is 3. The van der Waals surface area contributed by atoms with E-state index in [1.165, 1.54) is 11.1 Å². The molecular weight excluding hydrogens is 525 g/mol. The fraction of sp³-hybridized carbons (Fsp3) is 0.351. The summed E-state index contributed by atoms with van der Waals surface area (Å²) >= 11 is 0. The highest BCUT2D eigenvalue weighted by Crippen LogP contribution is 2.45. The SMILES string of the molecule is COC(OC)C1CCN(C2C=C(F)C(C3=C(c4ccccc4)CCc4cc(OCc5ccccc5)ccc43)=CC2)CC1. The molecular formula is C37H40FNO3. The molecule has 1 aliphatic heterocycles. The summed E-state index contributed by atoms with van der Waals surface area (Å²) in [4.78, 5) is 2.41. The van der Waals surface area contributed by atoms with Crippen molar-refractivity contribution in [2.75, 3.05) is 27.3 Å². The molecule has 3 aromatic carbocycles. The number of halogens is 1. The van der Waals surface area contributed by atoms with Crippen molar-refractivity contribution in [3.05, 3.63) is 125 Å². The number of piperidine rings is 1. The molecule has 1 saturated heterocycles. The Hall–Kier alpha value is -3.51. The molecule has 3 aromatic rings. The maximum absolute atomic E-state index is 16.2. The van der Waals surface area contributed by atoms with Crippen LogP contribution in [-0.2, 0) is 22.5 Å². The lowest BCUT2D eigenvalue weighted by molar-refractivity contribution is -0.147. The first kappa shape index (κ1) is 28.6. The van der Waals surface area contributed by atoms with Crippen LogP contribution in [-0.4, -0.2) is 44.5 Å². The summed E-state index contributed by atoms with van der Waals surface area (Å²) in [5, 5.41) is 0. The normalized spacial score (nSPS) is 19.9. The Morgan fingerprint density at radius 3 is 2.29 bits per heavy atom. The number of aryl methyl sites for hydroxylation is 1. The highest BCUT2D eigenvalue weighted by molar-refractivity contribution is 6.02. The summed E-state index contributed by atoms with van der Waals surface area (Å²) in [5.41, 5.74) is 7.55. The lowest BCUT2D eigenvalue weighted by atomic mass is 9.77. The first-order chi connectivity index (χ1) is 20.6. The number of likely N-dealkylation sites (tertiary alicyclic amines) is 1. The largest absolute Gasteiger partial charge is 0.489 e. The average Bonchev–Trinajstić information content (AvgIpc) is 3.05. The standard InChI is InChI=1S/C37H40FNO3/c1-40-37(41-2)28-19-21-39(22-20-28)30-14-17-34(35(38)24-30)36-32(27-11-7-4-8-12-27)16-13-29-23-31(15-18-33(29)36)42-25-26-9-5-3-6-10-26/h3-12,15,17-18,23-24,28,30,37H,13-14,16,19-22,25H2,1-2H3. The van der Waals surface area contributed by atoms with E-state index in [-0.39, 0.29) is 18.2 Å². The van der Waals surface area contributed by atoms with Crippen LogP contribution < -0.4 is 4.74 Å². The molecule has 0 aromatic heterocycles. The van der Waals surface area contributed by atoms with Gasteiger partial charge in [0.25, 0.3) is 0 Å². The second kappa shape index (κ2) is 13.2. The van der Waals surface area contributed by atoms with E-state index in [1.807, 2.05) is 36.4 Å². The van der Waals surface area contributed by atoms with E-state index in [0.29, 0.717) is 12.5 Å². The number of ether oxygens (including phenoxy) is 3. The molecule has 1 heterocycles. The summed E-state index contributed by atoms with van der Waals surface area (Å²) in [6, 6.07) is 27.0. The highest BCUT2D eigenvalue weighted by atomic mass is 19.1. The molecule has 4 nitrogen and oxygen atoms in total. The smallest absolute Gasteiger partial charge is 0.159 e. The minimum Gasteiger partial charge on any atom is -0.489 e. The minimum atomic E-state index is -0.170. The Labute approximate surface area is 249 Å². The Kier molecular flexibility index (Phi) is 8.99. The fourth-order valence-corrected chi connectivity index (χ4v) is 6.78. The van der Waals surface area contributed by atoms with Crippen molar-refractivity contribution in [2.45, 2.75) is 51.0 Å². The monoisotopic (exact) mass is 565 g/mol. The van der Waals surface area contributed by atoms with Crippen LogP contribution in [0.15, 0.2) is 102 Å². The third-order valence-electron chi connectivity index (χ3n) is 8.98. The fourth-order valence-electron chi connectivity index (χ4n) is 6.78. The van der Waals surface area contributed by atoms with Gasteiger partial charge in [0, 0.05) is 31.8 Å². The van der Waals surface area contributed by atoms with E-state index in [4.69, 9.17) is 14.2 Å². The van der Waals surface area contributed by atoms with Crippen molar-refractivity contribution < 1.29 is 18.6 Å². The van der Waals surface area contributed by atoms with Crippen molar-refractivity contribution in [3.8, 4) is 5.75 Å². The number of methoxy groups -OCH3 is 2. The van der Waals surface area contributed by atoms with E-state index in [0.717, 1.165) is 78.8 Å². The third-order valence-corrected chi connectivity index (χ3v) is 8.98. The lowest BCUT2D eigenvalue weighted by Crippen LogP contribution is -2.44. The van der Waals surface area contributed by atoms with Gasteiger partial charge in [0.2, 0.25) is 0 Å². The van der Waals surface area contributed by atoms with Crippen LogP contribution in [0.25, 0.3) is 11.1 Å². The number of nitrogens with zero attached hydrogens (tertiary/aromatic N) is 1. The summed E-state index contributed by atoms with van der Waals surface area (Å²) in [5.74, 6) is 1.10. The number of hydrogen-bond acceptors (Lipinski definition) is 4. The van der Waals surface area contributed by atoms with Gasteiger partial charge in [-0.2, -0.15) is 0 Å². The van der Waals surface area contributed by atoms with E-state index < -0.39 is 0 Å². The first-order valence-electron chi connectivity index (χ1n) is 15.1. The van der Waals surface area contributed by atoms with Gasteiger partial charge in [0.1, 0.15) is 18.2 Å². The molecule has 3 aliphatic rings. The molecule has 218 valence electrons. The molecule has 0 saturated carbocycles. The van der Waals surface area contributed by atoms with Crippen molar-refractivity contribution in [1.82, 2.24) is 4.90 Å². The average molecular weight is 566 g/mol. The third kappa shape index (κ3) is 6.14. The Morgan fingerprint density at radius 1 is 0.881 bits per heavy atom. The zero-order valence-corrected chi connectivity index (χ0v) is 24.6. The zero-order chi connectivity index (χ0) is 28.9. The van der Waals surface area contributed by atoms with Crippen LogP contribution in [0, 0.1) is 5.92 Å². The predicted octanol–water partition coefficient (Wildman–Crippen LogP) is 8.01. The van der Waals surface area contributed by atoms with E-state index in [1.54, 1.807) is 14.2 Å². The van der Waals surface area contributed by atoms with Crippen LogP contribution in [0.5, 0.6) is 5.75 Å². The lowest BCUT2D eigenvalue weighted by Gasteiger charge is -2.39. The highest BCUT2D eigenvalue weighted by Gasteiger charge is 2.32. The van der Waals surface area contributed by atoms with E-state index >= 15 is 4.39 Å². The Balaban J connectivity index is 1.25.